The van der Waals surface area contributed by atoms with Gasteiger partial charge < -0.3 is 4.74 Å². The van der Waals surface area contributed by atoms with Crippen molar-refractivity contribution in [1.82, 2.24) is 0 Å². The van der Waals surface area contributed by atoms with Gasteiger partial charge in [0.05, 0.1) is 24.3 Å². The third-order valence-corrected chi connectivity index (χ3v) is 2.76. The quantitative estimate of drug-likeness (QED) is 0.636. The molecule has 0 bridgehead atoms. The number of nitrogens with zero attached hydrogens (tertiary/aromatic N) is 1. The Morgan fingerprint density at radius 2 is 2.24 bits per heavy atom. The van der Waals surface area contributed by atoms with Crippen molar-refractivity contribution in [1.29, 1.82) is 5.26 Å². The molecule has 0 spiro atoms. The average Bonchev–Trinajstić information content (AvgIpc) is 2.35. The van der Waals surface area contributed by atoms with Crippen LogP contribution in [0.2, 0.25) is 0 Å². The number of benzene rings is 1. The van der Waals surface area contributed by atoms with E-state index in [1.54, 1.807) is 6.07 Å². The Hall–Kier alpha value is -1.48. The van der Waals surface area contributed by atoms with Gasteiger partial charge in [-0.3, -0.25) is 0 Å². The van der Waals surface area contributed by atoms with Crippen LogP contribution in [0.25, 0.3) is 0 Å². The van der Waals surface area contributed by atoms with Crippen molar-refractivity contribution >= 4 is 21.9 Å². The largest absolute Gasteiger partial charge is 0.465 e. The van der Waals surface area contributed by atoms with Crippen molar-refractivity contribution in [2.45, 2.75) is 11.8 Å². The molecule has 0 atom stereocenters. The summed E-state index contributed by atoms with van der Waals surface area (Å²) in [6.07, 6.45) is -2.75. The Morgan fingerprint density at radius 3 is 2.65 bits per heavy atom. The molecule has 0 N–H and O–H groups in total. The minimum Gasteiger partial charge on any atom is -0.465 e. The highest BCUT2D eigenvalue weighted by atomic mass is 79.9. The summed E-state index contributed by atoms with van der Waals surface area (Å²) in [5.74, 6) is -0.746. The van der Waals surface area contributed by atoms with E-state index in [0.717, 1.165) is 13.2 Å². The molecule has 1 rings (SSSR count). The first-order chi connectivity index (χ1) is 8.04. The van der Waals surface area contributed by atoms with E-state index in [2.05, 4.69) is 20.7 Å². The highest BCUT2D eigenvalue weighted by Gasteiger charge is 2.19. The molecule has 0 unspecified atom stereocenters. The van der Waals surface area contributed by atoms with E-state index in [-0.39, 0.29) is 27.6 Å². The maximum absolute atomic E-state index is 12.8. The Balaban J connectivity index is 3.47. The third-order valence-electron chi connectivity index (χ3n) is 2.19. The Morgan fingerprint density at radius 1 is 1.59 bits per heavy atom. The number of rotatable bonds is 3. The number of esters is 1. The van der Waals surface area contributed by atoms with Crippen LogP contribution >= 0.6 is 15.9 Å². The molecule has 1 aromatic rings. The number of ether oxygens (including phenoxy) is 1. The molecule has 0 heterocycles. The summed E-state index contributed by atoms with van der Waals surface area (Å²) in [5, 5.41) is 8.99. The highest BCUT2D eigenvalue weighted by Crippen LogP contribution is 2.29. The number of halogens is 3. The normalized spacial score (nSPS) is 10.1. The van der Waals surface area contributed by atoms with E-state index in [9.17, 15) is 13.6 Å². The molecule has 0 aliphatic rings. The molecule has 90 valence electrons. The molecule has 0 aliphatic heterocycles. The van der Waals surface area contributed by atoms with Crippen molar-refractivity contribution in [2.24, 2.45) is 0 Å². The molecule has 0 saturated carbocycles. The lowest BCUT2D eigenvalue weighted by molar-refractivity contribution is 0.0600. The number of alkyl halides is 3. The summed E-state index contributed by atoms with van der Waals surface area (Å²) in [6.45, 7) is 0. The van der Waals surface area contributed by atoms with Gasteiger partial charge in [0, 0.05) is 10.9 Å². The lowest BCUT2D eigenvalue weighted by atomic mass is 9.99. The second-order valence-electron chi connectivity index (χ2n) is 3.13. The standard InChI is InChI=1S/C11H8BrF2NO2/c1-17-11(16)6-2-7(5-15)9(4-12)8(3-6)10(13)14/h2-3,10H,4H2,1H3. The molecule has 1 aromatic carbocycles. The molecule has 0 aliphatic carbocycles. The predicted octanol–water partition coefficient (Wildman–Crippen LogP) is 3.18. The van der Waals surface area contributed by atoms with Crippen LogP contribution < -0.4 is 0 Å². The molecule has 0 radical (unpaired) electrons. The first-order valence-electron chi connectivity index (χ1n) is 4.54. The maximum Gasteiger partial charge on any atom is 0.337 e. The number of methoxy groups -OCH3 is 1. The minimum absolute atomic E-state index is 0.0417. The Kier molecular flexibility index (Phi) is 4.58. The summed E-state index contributed by atoms with van der Waals surface area (Å²) in [4.78, 5) is 11.3. The van der Waals surface area contributed by atoms with Gasteiger partial charge in [0.1, 0.15) is 0 Å². The van der Waals surface area contributed by atoms with Crippen LogP contribution in [-0.4, -0.2) is 13.1 Å². The second kappa shape index (κ2) is 5.73. The van der Waals surface area contributed by atoms with Crippen LogP contribution in [0.4, 0.5) is 8.78 Å². The summed E-state index contributed by atoms with van der Waals surface area (Å²) < 4.78 is 30.0. The number of carbonyl (C=O) groups is 1. The van der Waals surface area contributed by atoms with E-state index in [1.807, 2.05) is 0 Å². The zero-order valence-electron chi connectivity index (χ0n) is 8.84. The topological polar surface area (TPSA) is 50.1 Å². The van der Waals surface area contributed by atoms with Crippen LogP contribution in [0.15, 0.2) is 12.1 Å². The molecule has 3 nitrogen and oxygen atoms in total. The van der Waals surface area contributed by atoms with Gasteiger partial charge in [-0.2, -0.15) is 5.26 Å². The summed E-state index contributed by atoms with van der Waals surface area (Å²) in [6, 6.07) is 4.08. The fourth-order valence-corrected chi connectivity index (χ4v) is 2.00. The van der Waals surface area contributed by atoms with Crippen LogP contribution in [0.3, 0.4) is 0 Å². The van der Waals surface area contributed by atoms with Crippen molar-refractivity contribution < 1.29 is 18.3 Å². The molecular weight excluding hydrogens is 296 g/mol. The van der Waals surface area contributed by atoms with Crippen molar-refractivity contribution in [3.05, 3.63) is 34.4 Å². The third kappa shape index (κ3) is 2.80. The zero-order chi connectivity index (χ0) is 13.0. The second-order valence-corrected chi connectivity index (χ2v) is 3.69. The number of hydrogen-bond acceptors (Lipinski definition) is 3. The average molecular weight is 304 g/mol. The van der Waals surface area contributed by atoms with Gasteiger partial charge >= 0.3 is 5.97 Å². The Labute approximate surface area is 105 Å². The van der Waals surface area contributed by atoms with Gasteiger partial charge in [-0.1, -0.05) is 15.9 Å². The molecule has 0 amide bonds. The predicted molar refractivity (Wildman–Crippen MR) is 60.1 cm³/mol. The fourth-order valence-electron chi connectivity index (χ4n) is 1.37. The molecular formula is C11H8BrF2NO2. The lowest BCUT2D eigenvalue weighted by Gasteiger charge is -2.10. The lowest BCUT2D eigenvalue weighted by Crippen LogP contribution is -2.06. The van der Waals surface area contributed by atoms with E-state index in [1.165, 1.54) is 6.07 Å². The zero-order valence-corrected chi connectivity index (χ0v) is 10.4. The van der Waals surface area contributed by atoms with E-state index in [0.29, 0.717) is 0 Å². The van der Waals surface area contributed by atoms with Gasteiger partial charge in [-0.15, -0.1) is 0 Å². The minimum atomic E-state index is -2.75. The van der Waals surface area contributed by atoms with Crippen LogP contribution in [0.5, 0.6) is 0 Å². The van der Waals surface area contributed by atoms with Gasteiger partial charge in [0.25, 0.3) is 6.43 Å². The molecule has 0 saturated heterocycles. The molecule has 0 fully saturated rings. The summed E-state index contributed by atoms with van der Waals surface area (Å²) in [7, 11) is 1.15. The maximum atomic E-state index is 12.8. The van der Waals surface area contributed by atoms with E-state index < -0.39 is 12.4 Å². The van der Waals surface area contributed by atoms with Crippen LogP contribution in [0.1, 0.15) is 33.5 Å². The van der Waals surface area contributed by atoms with Gasteiger partial charge in [-0.25, -0.2) is 13.6 Å². The number of hydrogen-bond donors (Lipinski definition) is 0. The van der Waals surface area contributed by atoms with Crippen molar-refractivity contribution in [3.63, 3.8) is 0 Å². The summed E-state index contributed by atoms with van der Waals surface area (Å²) >= 11 is 3.05. The highest BCUT2D eigenvalue weighted by molar-refractivity contribution is 9.08. The smallest absolute Gasteiger partial charge is 0.337 e. The monoisotopic (exact) mass is 303 g/mol. The van der Waals surface area contributed by atoms with E-state index >= 15 is 0 Å². The summed E-state index contributed by atoms with van der Waals surface area (Å²) in [5.41, 5.74) is -0.152. The van der Waals surface area contributed by atoms with Crippen molar-refractivity contribution in [2.75, 3.05) is 7.11 Å². The number of nitriles is 1. The van der Waals surface area contributed by atoms with Crippen LogP contribution in [-0.2, 0) is 10.1 Å². The molecule has 0 aromatic heterocycles. The first kappa shape index (κ1) is 13.6. The van der Waals surface area contributed by atoms with Gasteiger partial charge in [0.15, 0.2) is 0 Å². The van der Waals surface area contributed by atoms with Crippen molar-refractivity contribution in [3.8, 4) is 6.07 Å². The fraction of sp³-hybridized carbons (Fsp3) is 0.273. The molecule has 17 heavy (non-hydrogen) atoms. The number of carbonyl (C=O) groups excluding carboxylic acids is 1. The van der Waals surface area contributed by atoms with E-state index in [4.69, 9.17) is 5.26 Å². The first-order valence-corrected chi connectivity index (χ1v) is 5.66. The molecule has 6 heteroatoms. The SMILES string of the molecule is COC(=O)c1cc(C#N)c(CBr)c(C(F)F)c1. The van der Waals surface area contributed by atoms with Gasteiger partial charge in [-0.05, 0) is 17.7 Å². The van der Waals surface area contributed by atoms with Crippen LogP contribution in [0, 0.1) is 11.3 Å². The van der Waals surface area contributed by atoms with Gasteiger partial charge in [0.2, 0.25) is 0 Å². The Bertz CT molecular complexity index is 483.